The Kier molecular flexibility index (Phi) is 6.28. The van der Waals surface area contributed by atoms with Crippen molar-refractivity contribution < 1.29 is 14.3 Å². The summed E-state index contributed by atoms with van der Waals surface area (Å²) in [4.78, 5) is 30.0. The van der Waals surface area contributed by atoms with Crippen LogP contribution in [0.5, 0.6) is 6.01 Å². The molecule has 0 unspecified atom stereocenters. The molecule has 1 aromatic heterocycles. The minimum absolute atomic E-state index is 0.0684. The van der Waals surface area contributed by atoms with Gasteiger partial charge in [-0.1, -0.05) is 0 Å². The van der Waals surface area contributed by atoms with Crippen LogP contribution in [0.15, 0.2) is 12.4 Å². The van der Waals surface area contributed by atoms with Gasteiger partial charge in [0.2, 0.25) is 11.8 Å². The lowest BCUT2D eigenvalue weighted by Gasteiger charge is -2.05. The maximum Gasteiger partial charge on any atom is 0.316 e. The van der Waals surface area contributed by atoms with Crippen molar-refractivity contribution in [3.63, 3.8) is 0 Å². The molecule has 104 valence electrons. The Hall–Kier alpha value is -2.18. The van der Waals surface area contributed by atoms with Gasteiger partial charge >= 0.3 is 6.01 Å². The lowest BCUT2D eigenvalue weighted by Crippen LogP contribution is -2.33. The third-order valence-corrected chi connectivity index (χ3v) is 2.33. The maximum absolute atomic E-state index is 11.5. The van der Waals surface area contributed by atoms with Gasteiger partial charge in [-0.05, 0) is 12.0 Å². The number of aromatic nitrogens is 2. The molecule has 0 fully saturated rings. The van der Waals surface area contributed by atoms with Crippen LogP contribution in [-0.4, -0.2) is 42.0 Å². The van der Waals surface area contributed by atoms with Crippen LogP contribution in [0.3, 0.4) is 0 Å². The molecule has 0 aliphatic carbocycles. The summed E-state index contributed by atoms with van der Waals surface area (Å²) in [6.45, 7) is 2.30. The molecule has 0 aliphatic heterocycles. The Balaban J connectivity index is 2.20. The molecule has 2 amide bonds. The molecule has 0 atom stereocenters. The van der Waals surface area contributed by atoms with Crippen molar-refractivity contribution in [2.45, 2.75) is 19.8 Å². The normalized spacial score (nSPS) is 9.79. The maximum atomic E-state index is 11.5. The average molecular weight is 266 g/mol. The van der Waals surface area contributed by atoms with Crippen molar-refractivity contribution in [1.29, 1.82) is 0 Å². The smallest absolute Gasteiger partial charge is 0.316 e. The van der Waals surface area contributed by atoms with E-state index in [1.54, 1.807) is 12.4 Å². The van der Waals surface area contributed by atoms with Crippen LogP contribution in [0.1, 0.15) is 18.9 Å². The van der Waals surface area contributed by atoms with E-state index >= 15 is 0 Å². The van der Waals surface area contributed by atoms with Crippen LogP contribution in [0.2, 0.25) is 0 Å². The van der Waals surface area contributed by atoms with E-state index in [1.807, 2.05) is 0 Å². The minimum atomic E-state index is -0.107. The van der Waals surface area contributed by atoms with Crippen molar-refractivity contribution in [3.05, 3.63) is 18.0 Å². The summed E-state index contributed by atoms with van der Waals surface area (Å²) in [6.07, 6.45) is 4.19. The summed E-state index contributed by atoms with van der Waals surface area (Å²) in [7, 11) is 1.50. The van der Waals surface area contributed by atoms with Crippen LogP contribution in [0, 0.1) is 0 Å². The van der Waals surface area contributed by atoms with Crippen LogP contribution in [-0.2, 0) is 16.0 Å². The first kappa shape index (κ1) is 14.9. The molecule has 0 radical (unpaired) electrons. The van der Waals surface area contributed by atoms with Crippen molar-refractivity contribution in [2.24, 2.45) is 0 Å². The van der Waals surface area contributed by atoms with E-state index in [-0.39, 0.29) is 11.8 Å². The third kappa shape index (κ3) is 6.35. The Bertz CT molecular complexity index is 419. The molecule has 19 heavy (non-hydrogen) atoms. The van der Waals surface area contributed by atoms with Crippen LogP contribution < -0.4 is 15.4 Å². The number of hydrogen-bond acceptors (Lipinski definition) is 5. The second-order valence-corrected chi connectivity index (χ2v) is 3.91. The third-order valence-electron chi connectivity index (χ3n) is 2.33. The molecule has 1 rings (SSSR count). The fraction of sp³-hybridized carbons (Fsp3) is 0.500. The number of rotatable bonds is 7. The number of nitrogens with zero attached hydrogens (tertiary/aromatic N) is 2. The Labute approximate surface area is 111 Å². The number of carbonyl (C=O) groups excluding carboxylic acids is 2. The molecule has 7 heteroatoms. The minimum Gasteiger partial charge on any atom is -0.467 e. The summed E-state index contributed by atoms with van der Waals surface area (Å²) < 4.78 is 4.84. The summed E-state index contributed by atoms with van der Waals surface area (Å²) >= 11 is 0. The second kappa shape index (κ2) is 8.02. The summed E-state index contributed by atoms with van der Waals surface area (Å²) in [5, 5.41) is 5.31. The van der Waals surface area contributed by atoms with Gasteiger partial charge in [0.15, 0.2) is 0 Å². The number of aryl methyl sites for hydroxylation is 1. The molecular formula is C12H18N4O3. The van der Waals surface area contributed by atoms with Gasteiger partial charge < -0.3 is 15.4 Å². The van der Waals surface area contributed by atoms with Gasteiger partial charge in [0.05, 0.1) is 7.11 Å². The van der Waals surface area contributed by atoms with Crippen LogP contribution in [0.4, 0.5) is 0 Å². The summed E-state index contributed by atoms with van der Waals surface area (Å²) in [5.41, 5.74) is 0.873. The number of methoxy groups -OCH3 is 1. The highest BCUT2D eigenvalue weighted by Crippen LogP contribution is 2.04. The van der Waals surface area contributed by atoms with Gasteiger partial charge in [-0.25, -0.2) is 9.97 Å². The van der Waals surface area contributed by atoms with Gasteiger partial charge in [-0.2, -0.15) is 0 Å². The fourth-order valence-electron chi connectivity index (χ4n) is 1.36. The molecule has 0 aromatic carbocycles. The fourth-order valence-corrected chi connectivity index (χ4v) is 1.36. The van der Waals surface area contributed by atoms with E-state index in [2.05, 4.69) is 20.6 Å². The highest BCUT2D eigenvalue weighted by Gasteiger charge is 2.03. The first-order valence-corrected chi connectivity index (χ1v) is 5.98. The molecule has 2 N–H and O–H groups in total. The number of amides is 2. The number of ether oxygens (including phenoxy) is 1. The van der Waals surface area contributed by atoms with Crippen LogP contribution in [0.25, 0.3) is 0 Å². The number of nitrogens with one attached hydrogen (secondary N) is 2. The topological polar surface area (TPSA) is 93.2 Å². The van der Waals surface area contributed by atoms with Gasteiger partial charge in [0.1, 0.15) is 0 Å². The quantitative estimate of drug-likeness (QED) is 0.659. The number of carbonyl (C=O) groups is 2. The Morgan fingerprint density at radius 2 is 1.84 bits per heavy atom. The molecule has 0 saturated carbocycles. The first-order chi connectivity index (χ1) is 9.11. The van der Waals surface area contributed by atoms with Gasteiger partial charge in [0, 0.05) is 38.8 Å². The monoisotopic (exact) mass is 266 g/mol. The summed E-state index contributed by atoms with van der Waals surface area (Å²) in [5.74, 6) is -0.175. The molecular weight excluding hydrogens is 248 g/mol. The molecule has 0 spiro atoms. The van der Waals surface area contributed by atoms with Gasteiger partial charge in [0.25, 0.3) is 0 Å². The molecule has 1 aromatic rings. The highest BCUT2D eigenvalue weighted by atomic mass is 16.5. The van der Waals surface area contributed by atoms with E-state index in [4.69, 9.17) is 4.74 Å². The van der Waals surface area contributed by atoms with E-state index < -0.39 is 0 Å². The van der Waals surface area contributed by atoms with Crippen LogP contribution >= 0.6 is 0 Å². The van der Waals surface area contributed by atoms with Crippen molar-refractivity contribution >= 4 is 11.8 Å². The van der Waals surface area contributed by atoms with Gasteiger partial charge in [-0.3, -0.25) is 9.59 Å². The molecule has 0 bridgehead atoms. The van der Waals surface area contributed by atoms with Crippen molar-refractivity contribution in [2.75, 3.05) is 20.2 Å². The highest BCUT2D eigenvalue weighted by molar-refractivity contribution is 5.76. The molecule has 1 heterocycles. The Morgan fingerprint density at radius 1 is 1.21 bits per heavy atom. The van der Waals surface area contributed by atoms with E-state index in [9.17, 15) is 9.59 Å². The second-order valence-electron chi connectivity index (χ2n) is 3.91. The Morgan fingerprint density at radius 3 is 2.42 bits per heavy atom. The zero-order chi connectivity index (χ0) is 14.1. The standard InChI is InChI=1S/C12H18N4O3/c1-9(17)13-5-6-14-11(18)4-3-10-7-15-12(19-2)16-8-10/h7-8H,3-6H2,1-2H3,(H,13,17)(H,14,18). The first-order valence-electron chi connectivity index (χ1n) is 5.98. The SMILES string of the molecule is COc1ncc(CCC(=O)NCCNC(C)=O)cn1. The average Bonchev–Trinajstić information content (AvgIpc) is 2.41. The molecule has 0 aliphatic rings. The lowest BCUT2D eigenvalue weighted by molar-refractivity contribution is -0.122. The van der Waals surface area contributed by atoms with E-state index in [1.165, 1.54) is 14.0 Å². The zero-order valence-electron chi connectivity index (χ0n) is 11.1. The largest absolute Gasteiger partial charge is 0.467 e. The van der Waals surface area contributed by atoms with E-state index in [0.29, 0.717) is 31.9 Å². The van der Waals surface area contributed by atoms with Gasteiger partial charge in [-0.15, -0.1) is 0 Å². The van der Waals surface area contributed by atoms with Crippen molar-refractivity contribution in [1.82, 2.24) is 20.6 Å². The van der Waals surface area contributed by atoms with Crippen molar-refractivity contribution in [3.8, 4) is 6.01 Å². The lowest BCUT2D eigenvalue weighted by atomic mass is 10.2. The number of hydrogen-bond donors (Lipinski definition) is 2. The molecule has 0 saturated heterocycles. The predicted molar refractivity (Wildman–Crippen MR) is 68.6 cm³/mol. The zero-order valence-corrected chi connectivity index (χ0v) is 11.1. The van der Waals surface area contributed by atoms with E-state index in [0.717, 1.165) is 5.56 Å². The predicted octanol–water partition coefficient (Wildman–Crippen LogP) is -0.330. The summed E-state index contributed by atoms with van der Waals surface area (Å²) in [6, 6.07) is 0.309. The molecule has 7 nitrogen and oxygen atoms in total.